The topological polar surface area (TPSA) is 91.1 Å². The van der Waals surface area contributed by atoms with E-state index in [0.29, 0.717) is 12.3 Å². The summed E-state index contributed by atoms with van der Waals surface area (Å²) in [5.41, 5.74) is -0.476. The van der Waals surface area contributed by atoms with Gasteiger partial charge in [-0.05, 0) is 6.92 Å². The van der Waals surface area contributed by atoms with Gasteiger partial charge in [-0.1, -0.05) is 0 Å². The number of ether oxygens (including phenoxy) is 2. The third kappa shape index (κ3) is 2.07. The zero-order chi connectivity index (χ0) is 13.1. The molecule has 0 aliphatic heterocycles. The third-order valence-corrected chi connectivity index (χ3v) is 2.45. The number of nitrogens with one attached hydrogen (secondary N) is 1. The first-order valence-corrected chi connectivity index (χ1v) is 5.43. The van der Waals surface area contributed by atoms with Gasteiger partial charge in [0.05, 0.1) is 6.33 Å². The second-order valence-electron chi connectivity index (χ2n) is 3.61. The van der Waals surface area contributed by atoms with Crippen molar-refractivity contribution in [3.63, 3.8) is 0 Å². The summed E-state index contributed by atoms with van der Waals surface area (Å²) in [6, 6.07) is 0. The van der Waals surface area contributed by atoms with E-state index < -0.39 is 11.2 Å². The van der Waals surface area contributed by atoms with Crippen LogP contribution in [0.25, 0.3) is 11.2 Å². The van der Waals surface area contributed by atoms with Gasteiger partial charge >= 0.3 is 5.69 Å². The van der Waals surface area contributed by atoms with Crippen molar-refractivity contribution in [2.24, 2.45) is 0 Å². The van der Waals surface area contributed by atoms with E-state index in [4.69, 9.17) is 9.47 Å². The SMILES string of the molecule is CCOCn1cnc2c(=O)n(COC)c(=O)[nH]c21. The highest BCUT2D eigenvalue weighted by atomic mass is 16.5. The molecule has 98 valence electrons. The van der Waals surface area contributed by atoms with E-state index >= 15 is 0 Å². The van der Waals surface area contributed by atoms with Crippen LogP contribution in [-0.2, 0) is 22.9 Å². The van der Waals surface area contributed by atoms with Crippen LogP contribution in [0.5, 0.6) is 0 Å². The zero-order valence-electron chi connectivity index (χ0n) is 10.2. The highest BCUT2D eigenvalue weighted by Crippen LogP contribution is 2.03. The summed E-state index contributed by atoms with van der Waals surface area (Å²) in [6.45, 7) is 2.51. The summed E-state index contributed by atoms with van der Waals surface area (Å²) in [7, 11) is 1.41. The van der Waals surface area contributed by atoms with Crippen molar-refractivity contribution in [3.8, 4) is 0 Å². The lowest BCUT2D eigenvalue weighted by atomic mass is 10.5. The predicted molar refractivity (Wildman–Crippen MR) is 63.2 cm³/mol. The van der Waals surface area contributed by atoms with Crippen molar-refractivity contribution in [3.05, 3.63) is 27.2 Å². The molecule has 1 N–H and O–H groups in total. The Labute approximate surface area is 102 Å². The van der Waals surface area contributed by atoms with Crippen LogP contribution in [0, 0.1) is 0 Å². The molecule has 0 atom stereocenters. The van der Waals surface area contributed by atoms with Crippen LogP contribution in [0.2, 0.25) is 0 Å². The standard InChI is InChI=1S/C10H14N4O4/c1-3-18-5-13-4-11-7-8(13)12-10(16)14(6-17-2)9(7)15/h4H,3,5-6H2,1-2H3,(H,12,16). The lowest BCUT2D eigenvalue weighted by Gasteiger charge is -2.05. The maximum absolute atomic E-state index is 12.0. The molecule has 0 bridgehead atoms. The van der Waals surface area contributed by atoms with Gasteiger partial charge in [-0.3, -0.25) is 14.3 Å². The van der Waals surface area contributed by atoms with E-state index in [-0.39, 0.29) is 19.0 Å². The number of aromatic nitrogens is 4. The summed E-state index contributed by atoms with van der Waals surface area (Å²) in [4.78, 5) is 30.3. The number of hydrogen-bond donors (Lipinski definition) is 1. The molecule has 0 radical (unpaired) electrons. The Morgan fingerprint density at radius 3 is 2.83 bits per heavy atom. The van der Waals surface area contributed by atoms with Crippen molar-refractivity contribution in [2.45, 2.75) is 20.4 Å². The van der Waals surface area contributed by atoms with Gasteiger partial charge in [0.15, 0.2) is 5.52 Å². The van der Waals surface area contributed by atoms with Crippen molar-refractivity contribution in [1.29, 1.82) is 0 Å². The smallest absolute Gasteiger partial charge is 0.331 e. The van der Waals surface area contributed by atoms with Gasteiger partial charge < -0.3 is 9.47 Å². The summed E-state index contributed by atoms with van der Waals surface area (Å²) >= 11 is 0. The average Bonchev–Trinajstić information content (AvgIpc) is 2.75. The van der Waals surface area contributed by atoms with Crippen LogP contribution in [0.3, 0.4) is 0 Å². The van der Waals surface area contributed by atoms with Crippen LogP contribution < -0.4 is 11.2 Å². The van der Waals surface area contributed by atoms with Gasteiger partial charge in [0.2, 0.25) is 0 Å². The molecule has 0 unspecified atom stereocenters. The molecule has 0 saturated carbocycles. The summed E-state index contributed by atoms with van der Waals surface area (Å²) in [5.74, 6) is 0. The molecule has 2 rings (SSSR count). The minimum absolute atomic E-state index is 0.109. The number of imidazole rings is 1. The van der Waals surface area contributed by atoms with Crippen LogP contribution in [-0.4, -0.2) is 32.8 Å². The number of H-pyrrole nitrogens is 1. The third-order valence-electron chi connectivity index (χ3n) is 2.45. The highest BCUT2D eigenvalue weighted by Gasteiger charge is 2.12. The molecule has 0 fully saturated rings. The van der Waals surface area contributed by atoms with Gasteiger partial charge in [0.25, 0.3) is 5.56 Å². The summed E-state index contributed by atoms with van der Waals surface area (Å²) in [5, 5.41) is 0. The largest absolute Gasteiger partial charge is 0.364 e. The molecule has 0 aliphatic rings. The monoisotopic (exact) mass is 254 g/mol. The predicted octanol–water partition coefficient (Wildman–Crippen LogP) is -0.516. The molecule has 0 aromatic carbocycles. The quantitative estimate of drug-likeness (QED) is 0.775. The van der Waals surface area contributed by atoms with Gasteiger partial charge in [-0.15, -0.1) is 0 Å². The zero-order valence-corrected chi connectivity index (χ0v) is 10.2. The fourth-order valence-corrected chi connectivity index (χ4v) is 1.59. The average molecular weight is 254 g/mol. The van der Waals surface area contributed by atoms with E-state index in [1.165, 1.54) is 13.4 Å². The number of aromatic amines is 1. The van der Waals surface area contributed by atoms with Gasteiger partial charge in [-0.2, -0.15) is 0 Å². The minimum Gasteiger partial charge on any atom is -0.364 e. The second kappa shape index (κ2) is 5.15. The normalized spacial score (nSPS) is 11.2. The molecule has 2 aromatic heterocycles. The van der Waals surface area contributed by atoms with Crippen molar-refractivity contribution in [1.82, 2.24) is 19.1 Å². The maximum atomic E-state index is 12.0. The number of hydrogen-bond acceptors (Lipinski definition) is 5. The molecular weight excluding hydrogens is 240 g/mol. The molecule has 18 heavy (non-hydrogen) atoms. The summed E-state index contributed by atoms with van der Waals surface area (Å²) < 4.78 is 12.5. The lowest BCUT2D eigenvalue weighted by Crippen LogP contribution is -2.35. The molecule has 8 nitrogen and oxygen atoms in total. The van der Waals surface area contributed by atoms with Crippen LogP contribution in [0.15, 0.2) is 15.9 Å². The van der Waals surface area contributed by atoms with Crippen molar-refractivity contribution < 1.29 is 9.47 Å². The van der Waals surface area contributed by atoms with Crippen LogP contribution in [0.4, 0.5) is 0 Å². The first kappa shape index (κ1) is 12.5. The molecule has 0 spiro atoms. The Morgan fingerprint density at radius 2 is 2.17 bits per heavy atom. The maximum Gasteiger partial charge on any atom is 0.331 e. The Bertz CT molecular complexity index is 654. The Morgan fingerprint density at radius 1 is 1.39 bits per heavy atom. The molecule has 2 aromatic rings. The number of fused-ring (bicyclic) bond motifs is 1. The van der Waals surface area contributed by atoms with Gasteiger partial charge in [-0.25, -0.2) is 14.3 Å². The fourth-order valence-electron chi connectivity index (χ4n) is 1.59. The van der Waals surface area contributed by atoms with E-state index in [1.807, 2.05) is 6.92 Å². The van der Waals surface area contributed by atoms with Crippen LogP contribution >= 0.6 is 0 Å². The van der Waals surface area contributed by atoms with E-state index in [1.54, 1.807) is 4.57 Å². The van der Waals surface area contributed by atoms with Gasteiger partial charge in [0.1, 0.15) is 19.1 Å². The Balaban J connectivity index is 2.57. The fraction of sp³-hybridized carbons (Fsp3) is 0.500. The molecule has 0 aliphatic carbocycles. The van der Waals surface area contributed by atoms with E-state index in [9.17, 15) is 9.59 Å². The minimum atomic E-state index is -0.535. The summed E-state index contributed by atoms with van der Waals surface area (Å²) in [6.07, 6.45) is 1.45. The molecular formula is C10H14N4O4. The van der Waals surface area contributed by atoms with Gasteiger partial charge in [0, 0.05) is 13.7 Å². The lowest BCUT2D eigenvalue weighted by molar-refractivity contribution is 0.0900. The number of methoxy groups -OCH3 is 1. The van der Waals surface area contributed by atoms with Crippen molar-refractivity contribution in [2.75, 3.05) is 13.7 Å². The van der Waals surface area contributed by atoms with Crippen molar-refractivity contribution >= 4 is 11.2 Å². The highest BCUT2D eigenvalue weighted by molar-refractivity contribution is 5.68. The first-order valence-electron chi connectivity index (χ1n) is 5.43. The molecule has 2 heterocycles. The second-order valence-corrected chi connectivity index (χ2v) is 3.61. The van der Waals surface area contributed by atoms with Crippen LogP contribution in [0.1, 0.15) is 6.92 Å². The Kier molecular flexibility index (Phi) is 3.58. The first-order chi connectivity index (χ1) is 8.69. The Hall–Kier alpha value is -1.93. The van der Waals surface area contributed by atoms with E-state index in [2.05, 4.69) is 9.97 Å². The number of nitrogens with zero attached hydrogens (tertiary/aromatic N) is 3. The number of rotatable bonds is 5. The molecule has 8 heteroatoms. The molecule has 0 amide bonds. The molecule has 0 saturated heterocycles. The van der Waals surface area contributed by atoms with E-state index in [0.717, 1.165) is 4.57 Å².